The quantitative estimate of drug-likeness (QED) is 0.341. The molecule has 0 saturated carbocycles. The third-order valence-electron chi connectivity index (χ3n) is 3.34. The van der Waals surface area contributed by atoms with Gasteiger partial charge in [0, 0.05) is 29.5 Å². The van der Waals surface area contributed by atoms with E-state index in [0.717, 1.165) is 36.4 Å². The second-order valence-electron chi connectivity index (χ2n) is 5.23. The lowest BCUT2D eigenvalue weighted by atomic mass is 10.1. The number of carbonyl (C=O) groups excluding carboxylic acids is 1. The van der Waals surface area contributed by atoms with Crippen molar-refractivity contribution >= 4 is 23.1 Å². The molecular formula is C17H11F3N2O5. The van der Waals surface area contributed by atoms with Crippen LogP contribution in [0.15, 0.2) is 60.3 Å². The summed E-state index contributed by atoms with van der Waals surface area (Å²) in [5, 5.41) is 22.0. The average molecular weight is 380 g/mol. The smallest absolute Gasteiger partial charge is 0.416 e. The van der Waals surface area contributed by atoms with Crippen LogP contribution in [-0.2, 0) is 11.0 Å². The number of carboxylic acid groups (broad SMARTS) is 1. The van der Waals surface area contributed by atoms with Crippen LogP contribution < -0.4 is 5.32 Å². The standard InChI is InChI=1S/C17H11F3N2O5/c18-17(19,20)11-2-1-3-12(8-11)21-14(16(24)25)9-15(23)10-4-6-13(7-5-10)22(26)27/h1-9,21H,(H,24,25)/b14-9+. The number of nitro benzene ring substituents is 1. The van der Waals surface area contributed by atoms with Gasteiger partial charge in [0.1, 0.15) is 5.70 Å². The number of carbonyl (C=O) groups is 2. The number of allylic oxidation sites excluding steroid dienone is 1. The number of nitrogens with one attached hydrogen (secondary N) is 1. The van der Waals surface area contributed by atoms with Crippen molar-refractivity contribution in [3.8, 4) is 0 Å². The van der Waals surface area contributed by atoms with Crippen molar-refractivity contribution in [1.82, 2.24) is 0 Å². The fourth-order valence-corrected chi connectivity index (χ4v) is 2.04. The molecule has 0 radical (unpaired) electrons. The molecule has 0 aliphatic heterocycles. The lowest BCUT2D eigenvalue weighted by Gasteiger charge is -2.11. The molecule has 2 aromatic rings. The molecule has 27 heavy (non-hydrogen) atoms. The normalized spacial score (nSPS) is 11.7. The molecule has 0 atom stereocenters. The summed E-state index contributed by atoms with van der Waals surface area (Å²) in [6.45, 7) is 0. The zero-order valence-electron chi connectivity index (χ0n) is 13.4. The largest absolute Gasteiger partial charge is 0.477 e. The van der Waals surface area contributed by atoms with E-state index in [0.29, 0.717) is 12.1 Å². The minimum atomic E-state index is -4.61. The first-order valence-corrected chi connectivity index (χ1v) is 7.26. The molecule has 0 bridgehead atoms. The molecule has 10 heteroatoms. The highest BCUT2D eigenvalue weighted by Crippen LogP contribution is 2.31. The molecule has 0 aromatic heterocycles. The summed E-state index contributed by atoms with van der Waals surface area (Å²) in [5.41, 5.74) is -2.09. The van der Waals surface area contributed by atoms with Crippen LogP contribution in [0.3, 0.4) is 0 Å². The van der Waals surface area contributed by atoms with Crippen LogP contribution in [-0.4, -0.2) is 21.8 Å². The lowest BCUT2D eigenvalue weighted by Crippen LogP contribution is -2.13. The Bertz CT molecular complexity index is 921. The first-order valence-electron chi connectivity index (χ1n) is 7.26. The summed E-state index contributed by atoms with van der Waals surface area (Å²) in [7, 11) is 0. The predicted octanol–water partition coefficient (Wildman–Crippen LogP) is 3.88. The van der Waals surface area contributed by atoms with Gasteiger partial charge in [0.15, 0.2) is 5.78 Å². The van der Waals surface area contributed by atoms with Crippen LogP contribution >= 0.6 is 0 Å². The molecule has 0 fully saturated rings. The number of nitro groups is 1. The van der Waals surface area contributed by atoms with E-state index in [2.05, 4.69) is 5.32 Å². The van der Waals surface area contributed by atoms with Gasteiger partial charge in [-0.15, -0.1) is 0 Å². The fraction of sp³-hybridized carbons (Fsp3) is 0.0588. The van der Waals surface area contributed by atoms with Crippen LogP contribution in [0.5, 0.6) is 0 Å². The molecule has 0 aliphatic carbocycles. The molecule has 0 heterocycles. The van der Waals surface area contributed by atoms with E-state index < -0.39 is 34.1 Å². The minimum absolute atomic E-state index is 0.0230. The van der Waals surface area contributed by atoms with E-state index in [1.54, 1.807) is 0 Å². The number of carboxylic acids is 1. The highest BCUT2D eigenvalue weighted by Gasteiger charge is 2.30. The van der Waals surface area contributed by atoms with Gasteiger partial charge in [-0.3, -0.25) is 14.9 Å². The number of non-ortho nitro benzene ring substituents is 1. The zero-order valence-corrected chi connectivity index (χ0v) is 13.4. The van der Waals surface area contributed by atoms with Crippen molar-refractivity contribution < 1.29 is 32.8 Å². The van der Waals surface area contributed by atoms with E-state index in [1.165, 1.54) is 6.07 Å². The van der Waals surface area contributed by atoms with E-state index in [-0.39, 0.29) is 16.9 Å². The lowest BCUT2D eigenvalue weighted by molar-refractivity contribution is -0.384. The SMILES string of the molecule is O=C(O)/C(=C\C(=O)c1ccc([N+](=O)[O-])cc1)Nc1cccc(C(F)(F)F)c1. The highest BCUT2D eigenvalue weighted by molar-refractivity contribution is 6.09. The van der Waals surface area contributed by atoms with Crippen LogP contribution in [0.2, 0.25) is 0 Å². The third-order valence-corrected chi connectivity index (χ3v) is 3.34. The fourth-order valence-electron chi connectivity index (χ4n) is 2.04. The molecular weight excluding hydrogens is 369 g/mol. The van der Waals surface area contributed by atoms with E-state index in [1.807, 2.05) is 0 Å². The van der Waals surface area contributed by atoms with Crippen molar-refractivity contribution in [1.29, 1.82) is 0 Å². The maximum Gasteiger partial charge on any atom is 0.416 e. The maximum absolute atomic E-state index is 12.7. The number of hydrogen-bond donors (Lipinski definition) is 2. The molecule has 2 rings (SSSR count). The minimum Gasteiger partial charge on any atom is -0.477 e. The third kappa shape index (κ3) is 5.14. The summed E-state index contributed by atoms with van der Waals surface area (Å²) in [5.74, 6) is -2.36. The summed E-state index contributed by atoms with van der Waals surface area (Å²) in [6, 6.07) is 8.24. The second-order valence-corrected chi connectivity index (χ2v) is 5.23. The summed E-state index contributed by atoms with van der Waals surface area (Å²) >= 11 is 0. The maximum atomic E-state index is 12.7. The zero-order chi connectivity index (χ0) is 20.2. The van der Waals surface area contributed by atoms with Crippen molar-refractivity contribution in [3.05, 3.63) is 81.5 Å². The van der Waals surface area contributed by atoms with Gasteiger partial charge in [-0.2, -0.15) is 13.2 Å². The van der Waals surface area contributed by atoms with Gasteiger partial charge in [-0.25, -0.2) is 4.79 Å². The number of alkyl halides is 3. The Balaban J connectivity index is 2.28. The molecule has 0 aliphatic rings. The number of anilines is 1. The van der Waals surface area contributed by atoms with Crippen molar-refractivity contribution in [2.75, 3.05) is 5.32 Å². The number of nitrogens with zero attached hydrogens (tertiary/aromatic N) is 1. The van der Waals surface area contributed by atoms with Gasteiger partial charge >= 0.3 is 12.1 Å². The molecule has 2 N–H and O–H groups in total. The molecule has 2 aromatic carbocycles. The van der Waals surface area contributed by atoms with Gasteiger partial charge in [0.2, 0.25) is 0 Å². The van der Waals surface area contributed by atoms with E-state index in [4.69, 9.17) is 0 Å². The number of hydrogen-bond acceptors (Lipinski definition) is 5. The topological polar surface area (TPSA) is 110 Å². The molecule has 0 spiro atoms. The van der Waals surface area contributed by atoms with Crippen molar-refractivity contribution in [3.63, 3.8) is 0 Å². The Morgan fingerprint density at radius 2 is 1.74 bits per heavy atom. The first kappa shape index (κ1) is 19.6. The van der Waals surface area contributed by atoms with Gasteiger partial charge in [0.05, 0.1) is 10.5 Å². The van der Waals surface area contributed by atoms with Crippen LogP contribution in [0.1, 0.15) is 15.9 Å². The van der Waals surface area contributed by atoms with Crippen LogP contribution in [0.25, 0.3) is 0 Å². The summed E-state index contributed by atoms with van der Waals surface area (Å²) in [4.78, 5) is 33.4. The monoisotopic (exact) mass is 380 g/mol. The average Bonchev–Trinajstić information content (AvgIpc) is 2.60. The van der Waals surface area contributed by atoms with E-state index >= 15 is 0 Å². The number of benzene rings is 2. The number of ketones is 1. The van der Waals surface area contributed by atoms with Gasteiger partial charge in [-0.05, 0) is 30.3 Å². The Labute approximate surface area is 149 Å². The molecule has 0 unspecified atom stereocenters. The number of rotatable bonds is 6. The van der Waals surface area contributed by atoms with Crippen molar-refractivity contribution in [2.45, 2.75) is 6.18 Å². The summed E-state index contributed by atoms with van der Waals surface area (Å²) < 4.78 is 38.2. The number of aliphatic carboxylic acids is 1. The van der Waals surface area contributed by atoms with E-state index in [9.17, 15) is 38.0 Å². The first-order chi connectivity index (χ1) is 12.6. The van der Waals surface area contributed by atoms with Gasteiger partial charge in [0.25, 0.3) is 5.69 Å². The van der Waals surface area contributed by atoms with Gasteiger partial charge < -0.3 is 10.4 Å². The number of halogens is 3. The Morgan fingerprint density at radius 3 is 2.26 bits per heavy atom. The van der Waals surface area contributed by atoms with Crippen LogP contribution in [0, 0.1) is 10.1 Å². The highest BCUT2D eigenvalue weighted by atomic mass is 19.4. The van der Waals surface area contributed by atoms with Crippen molar-refractivity contribution in [2.24, 2.45) is 0 Å². The summed E-state index contributed by atoms with van der Waals surface area (Å²) in [6.07, 6.45) is -3.93. The molecule has 0 saturated heterocycles. The predicted molar refractivity (Wildman–Crippen MR) is 88.2 cm³/mol. The molecule has 7 nitrogen and oxygen atoms in total. The van der Waals surface area contributed by atoms with Crippen LogP contribution in [0.4, 0.5) is 24.5 Å². The van der Waals surface area contributed by atoms with Gasteiger partial charge in [-0.1, -0.05) is 6.07 Å². The second kappa shape index (κ2) is 7.68. The Kier molecular flexibility index (Phi) is 5.59. The Hall–Kier alpha value is -3.69. The molecule has 140 valence electrons. The Morgan fingerprint density at radius 1 is 1.11 bits per heavy atom. The molecule has 0 amide bonds.